The largest absolute Gasteiger partial charge is 0.396 e. The first-order valence-electron chi connectivity index (χ1n) is 12.7. The van der Waals surface area contributed by atoms with Gasteiger partial charge in [-0.15, -0.1) is 0 Å². The molecule has 35 heavy (non-hydrogen) atoms. The number of nitrogens with zero attached hydrogens (tertiary/aromatic N) is 3. The summed E-state index contributed by atoms with van der Waals surface area (Å²) in [6, 6.07) is 8.07. The number of nitrogens with two attached hydrogens (primary N) is 1. The van der Waals surface area contributed by atoms with Crippen LogP contribution in [0.3, 0.4) is 0 Å². The summed E-state index contributed by atoms with van der Waals surface area (Å²) in [6.07, 6.45) is 9.69. The van der Waals surface area contributed by atoms with Gasteiger partial charge in [0.15, 0.2) is 0 Å². The zero-order valence-electron chi connectivity index (χ0n) is 20.5. The van der Waals surface area contributed by atoms with Gasteiger partial charge in [-0.2, -0.15) is 0 Å². The Kier molecular flexibility index (Phi) is 8.91. The maximum Gasteiger partial charge on any atom is 0.227 e. The fourth-order valence-corrected chi connectivity index (χ4v) is 4.63. The van der Waals surface area contributed by atoms with Crippen LogP contribution in [-0.2, 0) is 0 Å². The van der Waals surface area contributed by atoms with Crippen LogP contribution in [0.1, 0.15) is 62.3 Å². The van der Waals surface area contributed by atoms with Gasteiger partial charge < -0.3 is 31.3 Å². The fourth-order valence-electron chi connectivity index (χ4n) is 4.63. The number of nitrogen functional groups attached to an aromatic ring is 1. The number of aliphatic hydroxyl groups is 1. The van der Waals surface area contributed by atoms with Gasteiger partial charge in [0.25, 0.3) is 0 Å². The molecular weight excluding hydrogens is 442 g/mol. The Labute approximate surface area is 206 Å². The molecule has 9 heteroatoms. The molecule has 0 saturated heterocycles. The van der Waals surface area contributed by atoms with Crippen LogP contribution in [0.15, 0.2) is 35.0 Å². The van der Waals surface area contributed by atoms with Gasteiger partial charge in [0.1, 0.15) is 11.5 Å². The summed E-state index contributed by atoms with van der Waals surface area (Å²) in [7, 11) is 0. The van der Waals surface area contributed by atoms with Crippen LogP contribution in [0.5, 0.6) is 0 Å². The van der Waals surface area contributed by atoms with Crippen molar-refractivity contribution in [2.24, 2.45) is 0 Å². The van der Waals surface area contributed by atoms with E-state index >= 15 is 0 Å². The number of nitrogens with one attached hydrogen (secondary N) is 3. The number of aliphatic hydroxyl groups excluding tert-OH is 1. The quantitative estimate of drug-likeness (QED) is 0.236. The zero-order chi connectivity index (χ0) is 24.5. The molecule has 0 radical (unpaired) electrons. The van der Waals surface area contributed by atoms with Gasteiger partial charge >= 0.3 is 0 Å². The van der Waals surface area contributed by atoms with Crippen molar-refractivity contribution in [2.45, 2.75) is 57.8 Å². The van der Waals surface area contributed by atoms with Gasteiger partial charge in [-0.05, 0) is 57.4 Å². The van der Waals surface area contributed by atoms with E-state index < -0.39 is 0 Å². The van der Waals surface area contributed by atoms with E-state index in [1.54, 1.807) is 6.20 Å². The Morgan fingerprint density at radius 2 is 1.89 bits per heavy atom. The average molecular weight is 480 g/mol. The van der Waals surface area contributed by atoms with Crippen molar-refractivity contribution in [3.63, 3.8) is 0 Å². The van der Waals surface area contributed by atoms with Crippen molar-refractivity contribution >= 4 is 23.0 Å². The average Bonchev–Trinajstić information content (AvgIpc) is 3.26. The molecule has 6 N–H and O–H groups in total. The number of rotatable bonds is 12. The third-order valence-electron chi connectivity index (χ3n) is 6.45. The van der Waals surface area contributed by atoms with E-state index in [1.807, 2.05) is 31.2 Å². The fraction of sp³-hybridized carbons (Fsp3) is 0.500. The standard InChI is InChI=1S/C26H37N7O2/c1-18-23(24(33-35-18)19-8-3-2-4-9-19)25-22(27)17-30-26(32-25)31-21-11-7-10-20(16-21)29-13-6-5-12-28-14-15-34/h7,10-11,16-17,19,28-29,34H,2-6,8-9,12-15,27H2,1H3,(H,30,31,32). The van der Waals surface area contributed by atoms with Gasteiger partial charge in [0, 0.05) is 30.4 Å². The lowest BCUT2D eigenvalue weighted by Crippen LogP contribution is -2.19. The Balaban J connectivity index is 1.43. The smallest absolute Gasteiger partial charge is 0.227 e. The lowest BCUT2D eigenvalue weighted by atomic mass is 9.84. The van der Waals surface area contributed by atoms with Crippen molar-refractivity contribution in [3.05, 3.63) is 41.9 Å². The van der Waals surface area contributed by atoms with Crippen molar-refractivity contribution in [2.75, 3.05) is 42.6 Å². The van der Waals surface area contributed by atoms with Crippen LogP contribution in [0.25, 0.3) is 11.3 Å². The van der Waals surface area contributed by atoms with Crippen molar-refractivity contribution in [1.82, 2.24) is 20.4 Å². The third kappa shape index (κ3) is 6.70. The molecule has 188 valence electrons. The lowest BCUT2D eigenvalue weighted by Gasteiger charge is -2.20. The van der Waals surface area contributed by atoms with Crippen LogP contribution in [0, 0.1) is 6.92 Å². The minimum atomic E-state index is 0.178. The molecule has 0 spiro atoms. The van der Waals surface area contributed by atoms with Crippen LogP contribution < -0.4 is 21.7 Å². The molecule has 1 aromatic carbocycles. The molecule has 3 aromatic rings. The highest BCUT2D eigenvalue weighted by atomic mass is 16.5. The first-order valence-corrected chi connectivity index (χ1v) is 12.7. The number of hydrogen-bond donors (Lipinski definition) is 5. The van der Waals surface area contributed by atoms with Crippen LogP contribution >= 0.6 is 0 Å². The summed E-state index contributed by atoms with van der Waals surface area (Å²) in [4.78, 5) is 9.19. The lowest BCUT2D eigenvalue weighted by molar-refractivity contribution is 0.292. The number of anilines is 4. The summed E-state index contributed by atoms with van der Waals surface area (Å²) in [5, 5.41) is 23.2. The molecular formula is C26H37N7O2. The molecule has 1 saturated carbocycles. The first kappa shape index (κ1) is 24.9. The Morgan fingerprint density at radius 1 is 1.09 bits per heavy atom. The minimum Gasteiger partial charge on any atom is -0.396 e. The molecule has 0 unspecified atom stereocenters. The predicted octanol–water partition coefficient (Wildman–Crippen LogP) is 4.59. The topological polar surface area (TPSA) is 134 Å². The second-order valence-electron chi connectivity index (χ2n) is 9.14. The maximum atomic E-state index is 8.80. The van der Waals surface area contributed by atoms with Crippen LogP contribution in [0.4, 0.5) is 23.0 Å². The predicted molar refractivity (Wildman–Crippen MR) is 140 cm³/mol. The molecule has 1 fully saturated rings. The normalized spacial score (nSPS) is 14.2. The molecule has 0 atom stereocenters. The SMILES string of the molecule is Cc1onc(C2CCCCC2)c1-c1nc(Nc2cccc(NCCCCNCCO)c2)ncc1N. The molecule has 2 heterocycles. The monoisotopic (exact) mass is 479 g/mol. The number of unbranched alkanes of at least 4 members (excludes halogenated alkanes) is 1. The van der Waals surface area contributed by atoms with E-state index in [-0.39, 0.29) is 6.61 Å². The van der Waals surface area contributed by atoms with Gasteiger partial charge in [0.05, 0.1) is 29.7 Å². The third-order valence-corrected chi connectivity index (χ3v) is 6.45. The summed E-state index contributed by atoms with van der Waals surface area (Å²) in [6.45, 7) is 4.53. The summed E-state index contributed by atoms with van der Waals surface area (Å²) < 4.78 is 5.60. The molecule has 0 aliphatic heterocycles. The zero-order valence-corrected chi connectivity index (χ0v) is 20.5. The number of benzene rings is 1. The second kappa shape index (κ2) is 12.5. The molecule has 4 rings (SSSR count). The highest BCUT2D eigenvalue weighted by molar-refractivity contribution is 5.77. The van der Waals surface area contributed by atoms with Gasteiger partial charge in [-0.3, -0.25) is 0 Å². The van der Waals surface area contributed by atoms with E-state index in [9.17, 15) is 0 Å². The van der Waals surface area contributed by atoms with Gasteiger partial charge in [-0.1, -0.05) is 30.5 Å². The maximum absolute atomic E-state index is 8.80. The first-order chi connectivity index (χ1) is 17.2. The van der Waals surface area contributed by atoms with E-state index in [0.717, 1.165) is 67.2 Å². The molecule has 1 aliphatic rings. The molecule has 9 nitrogen and oxygen atoms in total. The summed E-state index contributed by atoms with van der Waals surface area (Å²) in [5.74, 6) is 1.60. The number of hydrogen-bond acceptors (Lipinski definition) is 9. The number of aryl methyl sites for hydroxylation is 1. The van der Waals surface area contributed by atoms with Gasteiger partial charge in [0.2, 0.25) is 5.95 Å². The minimum absolute atomic E-state index is 0.178. The van der Waals surface area contributed by atoms with Crippen molar-refractivity contribution in [3.8, 4) is 11.3 Å². The van der Waals surface area contributed by atoms with Crippen LogP contribution in [-0.4, -0.2) is 46.5 Å². The second-order valence-corrected chi connectivity index (χ2v) is 9.14. The molecule has 0 bridgehead atoms. The van der Waals surface area contributed by atoms with E-state index in [1.165, 1.54) is 19.3 Å². The molecule has 0 amide bonds. The van der Waals surface area contributed by atoms with E-state index in [4.69, 9.17) is 20.3 Å². The van der Waals surface area contributed by atoms with Crippen molar-refractivity contribution in [1.29, 1.82) is 0 Å². The van der Waals surface area contributed by atoms with E-state index in [2.05, 4.69) is 26.1 Å². The Morgan fingerprint density at radius 3 is 2.71 bits per heavy atom. The molecule has 2 aromatic heterocycles. The van der Waals surface area contributed by atoms with Gasteiger partial charge in [-0.25, -0.2) is 9.97 Å². The summed E-state index contributed by atoms with van der Waals surface area (Å²) in [5.41, 5.74) is 11.3. The summed E-state index contributed by atoms with van der Waals surface area (Å²) >= 11 is 0. The van der Waals surface area contributed by atoms with E-state index in [0.29, 0.717) is 29.8 Å². The Hall–Kier alpha value is -3.17. The Bertz CT molecular complexity index is 1080. The number of aromatic nitrogens is 3. The van der Waals surface area contributed by atoms with Crippen LogP contribution in [0.2, 0.25) is 0 Å². The highest BCUT2D eigenvalue weighted by Crippen LogP contribution is 2.40. The van der Waals surface area contributed by atoms with Crippen molar-refractivity contribution < 1.29 is 9.63 Å². The molecule has 1 aliphatic carbocycles. The highest BCUT2D eigenvalue weighted by Gasteiger charge is 2.27.